The van der Waals surface area contributed by atoms with Gasteiger partial charge in [-0.2, -0.15) is 0 Å². The van der Waals surface area contributed by atoms with E-state index in [1.54, 1.807) is 19.4 Å². The molecule has 1 aliphatic carbocycles. The molecule has 0 saturated carbocycles. The standard InChI is InChI=1S/C29H35N7O3/c1-17-18(2)28-21(9-10-23(28)31-19(17)3)22-11-12-30-29(32-22)33-24-14-26(36(37)38)25(15-27(24)39-6)35-13-7-8-20(35)16-34(4)5/h9,11-12,14-15,20H,7-8,10,13,16H2,1-6H3,(H,30,32,33). The molecule has 10 nitrogen and oxygen atoms in total. The number of ether oxygens (including phenoxy) is 1. The molecule has 1 N–H and O–H groups in total. The van der Waals surface area contributed by atoms with Gasteiger partial charge < -0.3 is 19.9 Å². The first-order chi connectivity index (χ1) is 18.7. The summed E-state index contributed by atoms with van der Waals surface area (Å²) < 4.78 is 5.69. The fourth-order valence-corrected chi connectivity index (χ4v) is 5.71. The van der Waals surface area contributed by atoms with Crippen molar-refractivity contribution in [1.29, 1.82) is 0 Å². The van der Waals surface area contributed by atoms with Gasteiger partial charge in [-0.25, -0.2) is 9.97 Å². The lowest BCUT2D eigenvalue weighted by molar-refractivity contribution is -0.384. The highest BCUT2D eigenvalue weighted by Crippen LogP contribution is 2.42. The van der Waals surface area contributed by atoms with E-state index in [2.05, 4.69) is 40.0 Å². The number of likely N-dealkylation sites (N-methyl/N-ethyl adjacent to an activating group) is 1. The topological polar surface area (TPSA) is 110 Å². The van der Waals surface area contributed by atoms with Crippen LogP contribution in [0.2, 0.25) is 0 Å². The summed E-state index contributed by atoms with van der Waals surface area (Å²) in [4.78, 5) is 30.1. The van der Waals surface area contributed by atoms with Crippen molar-refractivity contribution < 1.29 is 9.66 Å². The van der Waals surface area contributed by atoms with Crippen molar-refractivity contribution in [3.8, 4) is 5.75 Å². The number of aromatic nitrogens is 3. The predicted molar refractivity (Wildman–Crippen MR) is 153 cm³/mol. The van der Waals surface area contributed by atoms with Gasteiger partial charge in [-0.3, -0.25) is 15.1 Å². The molecule has 0 amide bonds. The third kappa shape index (κ3) is 5.04. The molecule has 1 fully saturated rings. The van der Waals surface area contributed by atoms with Gasteiger partial charge in [-0.15, -0.1) is 0 Å². The van der Waals surface area contributed by atoms with Crippen LogP contribution in [0, 0.1) is 30.9 Å². The van der Waals surface area contributed by atoms with Crippen molar-refractivity contribution in [3.05, 3.63) is 74.4 Å². The van der Waals surface area contributed by atoms with Crippen LogP contribution in [0.3, 0.4) is 0 Å². The van der Waals surface area contributed by atoms with Gasteiger partial charge in [-0.05, 0) is 64.9 Å². The van der Waals surface area contributed by atoms with Gasteiger partial charge in [0.25, 0.3) is 5.69 Å². The molecule has 1 unspecified atom stereocenters. The van der Waals surface area contributed by atoms with E-state index >= 15 is 0 Å². The summed E-state index contributed by atoms with van der Waals surface area (Å²) in [6, 6.07) is 5.37. The molecule has 2 aromatic heterocycles. The van der Waals surface area contributed by atoms with Gasteiger partial charge in [0.1, 0.15) is 11.4 Å². The molecule has 2 aliphatic rings. The number of nitrogens with one attached hydrogen (secondary N) is 1. The average Bonchev–Trinajstić information content (AvgIpc) is 3.54. The van der Waals surface area contributed by atoms with Crippen LogP contribution in [0.15, 0.2) is 30.5 Å². The first-order valence-corrected chi connectivity index (χ1v) is 13.2. The zero-order valence-electron chi connectivity index (χ0n) is 23.4. The van der Waals surface area contributed by atoms with Crippen LogP contribution < -0.4 is 15.0 Å². The number of pyridine rings is 1. The minimum absolute atomic E-state index is 0.0279. The highest BCUT2D eigenvalue weighted by molar-refractivity contribution is 5.85. The quantitative estimate of drug-likeness (QED) is 0.319. The van der Waals surface area contributed by atoms with Crippen molar-refractivity contribution in [2.45, 2.75) is 46.1 Å². The number of hydrogen-bond acceptors (Lipinski definition) is 9. The molecule has 5 rings (SSSR count). The lowest BCUT2D eigenvalue weighted by Gasteiger charge is -2.29. The van der Waals surface area contributed by atoms with E-state index in [1.807, 2.05) is 27.1 Å². The Hall–Kier alpha value is -4.05. The highest BCUT2D eigenvalue weighted by atomic mass is 16.6. The monoisotopic (exact) mass is 529 g/mol. The summed E-state index contributed by atoms with van der Waals surface area (Å²) in [6.07, 6.45) is 6.58. The third-order valence-electron chi connectivity index (χ3n) is 7.77. The molecule has 3 heterocycles. The number of aryl methyl sites for hydroxylation is 1. The lowest BCUT2D eigenvalue weighted by Crippen LogP contribution is -2.37. The van der Waals surface area contributed by atoms with E-state index in [-0.39, 0.29) is 16.7 Å². The Morgan fingerprint density at radius 1 is 1.21 bits per heavy atom. The smallest absolute Gasteiger partial charge is 0.294 e. The maximum Gasteiger partial charge on any atom is 0.294 e. The van der Waals surface area contributed by atoms with Crippen LogP contribution in [-0.4, -0.2) is 65.1 Å². The van der Waals surface area contributed by atoms with Gasteiger partial charge in [-0.1, -0.05) is 6.08 Å². The number of rotatable bonds is 8. The number of hydrogen-bond donors (Lipinski definition) is 1. The fourth-order valence-electron chi connectivity index (χ4n) is 5.71. The molecule has 0 bridgehead atoms. The van der Waals surface area contributed by atoms with Crippen molar-refractivity contribution >= 4 is 28.6 Å². The van der Waals surface area contributed by atoms with Crippen molar-refractivity contribution in [2.24, 2.45) is 0 Å². The molecule has 1 atom stereocenters. The molecule has 1 aliphatic heterocycles. The summed E-state index contributed by atoms with van der Waals surface area (Å²) in [5, 5.41) is 15.4. The second-order valence-corrected chi connectivity index (χ2v) is 10.5. The van der Waals surface area contributed by atoms with Crippen LogP contribution in [-0.2, 0) is 6.42 Å². The zero-order chi connectivity index (χ0) is 27.8. The number of methoxy groups -OCH3 is 1. The molecule has 3 aromatic rings. The predicted octanol–water partition coefficient (Wildman–Crippen LogP) is 4.98. The van der Waals surface area contributed by atoms with Crippen LogP contribution in [0.4, 0.5) is 23.0 Å². The SMILES string of the molecule is COc1cc(N2CCCC2CN(C)C)c([N+](=O)[O-])cc1Nc1nccc(C2=CCc3nc(C)c(C)c(C)c32)n1. The molecule has 39 heavy (non-hydrogen) atoms. The van der Waals surface area contributed by atoms with Crippen LogP contribution >= 0.6 is 0 Å². The molecule has 1 aromatic carbocycles. The minimum atomic E-state index is -0.331. The third-order valence-corrected chi connectivity index (χ3v) is 7.77. The summed E-state index contributed by atoms with van der Waals surface area (Å²) in [7, 11) is 5.61. The van der Waals surface area contributed by atoms with Crippen LogP contribution in [0.1, 0.15) is 46.6 Å². The van der Waals surface area contributed by atoms with Crippen LogP contribution in [0.25, 0.3) is 5.57 Å². The van der Waals surface area contributed by atoms with Crippen molar-refractivity contribution in [3.63, 3.8) is 0 Å². The van der Waals surface area contributed by atoms with Gasteiger partial charge in [0.05, 0.1) is 29.1 Å². The molecule has 10 heteroatoms. The molecule has 0 radical (unpaired) electrons. The fraction of sp³-hybridized carbons (Fsp3) is 0.414. The van der Waals surface area contributed by atoms with Gasteiger partial charge in [0.15, 0.2) is 0 Å². The summed E-state index contributed by atoms with van der Waals surface area (Å²) in [6.45, 7) is 7.85. The van der Waals surface area contributed by atoms with Crippen molar-refractivity contribution in [2.75, 3.05) is 44.5 Å². The Labute approximate surface area is 228 Å². The largest absolute Gasteiger partial charge is 0.494 e. The molecule has 204 valence electrons. The maximum atomic E-state index is 12.2. The number of benzene rings is 1. The van der Waals surface area contributed by atoms with E-state index in [0.717, 1.165) is 60.6 Å². The molecule has 0 spiro atoms. The van der Waals surface area contributed by atoms with E-state index < -0.39 is 0 Å². The Balaban J connectivity index is 1.49. The Bertz CT molecular complexity index is 1470. The van der Waals surface area contributed by atoms with Gasteiger partial charge in [0, 0.05) is 60.7 Å². The second kappa shape index (κ2) is 10.6. The molecular formula is C29H35N7O3. The molecule has 1 saturated heterocycles. The minimum Gasteiger partial charge on any atom is -0.494 e. The van der Waals surface area contributed by atoms with E-state index in [0.29, 0.717) is 23.1 Å². The number of allylic oxidation sites excluding steroid dienone is 1. The summed E-state index contributed by atoms with van der Waals surface area (Å²) in [5.41, 5.74) is 8.45. The second-order valence-electron chi connectivity index (χ2n) is 10.5. The van der Waals surface area contributed by atoms with Crippen molar-refractivity contribution in [1.82, 2.24) is 19.9 Å². The van der Waals surface area contributed by atoms with Crippen LogP contribution in [0.5, 0.6) is 5.75 Å². The first kappa shape index (κ1) is 26.6. The maximum absolute atomic E-state index is 12.2. The summed E-state index contributed by atoms with van der Waals surface area (Å²) >= 11 is 0. The number of nitro benzene ring substituents is 1. The highest BCUT2D eigenvalue weighted by Gasteiger charge is 2.32. The normalized spacial score (nSPS) is 16.4. The van der Waals surface area contributed by atoms with E-state index in [1.165, 1.54) is 17.2 Å². The van der Waals surface area contributed by atoms with Gasteiger partial charge >= 0.3 is 0 Å². The lowest BCUT2D eigenvalue weighted by atomic mass is 9.96. The zero-order valence-corrected chi connectivity index (χ0v) is 23.4. The van der Waals surface area contributed by atoms with E-state index in [4.69, 9.17) is 14.7 Å². The first-order valence-electron chi connectivity index (χ1n) is 13.2. The number of anilines is 3. The Kier molecular flexibility index (Phi) is 7.22. The number of nitrogens with zero attached hydrogens (tertiary/aromatic N) is 6. The Morgan fingerprint density at radius 2 is 2.00 bits per heavy atom. The Morgan fingerprint density at radius 3 is 2.72 bits per heavy atom. The summed E-state index contributed by atoms with van der Waals surface area (Å²) in [5.74, 6) is 0.833. The van der Waals surface area contributed by atoms with Gasteiger partial charge in [0.2, 0.25) is 5.95 Å². The number of nitro groups is 1. The van der Waals surface area contributed by atoms with E-state index in [9.17, 15) is 10.1 Å². The number of fused-ring (bicyclic) bond motifs is 1. The average molecular weight is 530 g/mol. The molecular weight excluding hydrogens is 494 g/mol.